The van der Waals surface area contributed by atoms with Gasteiger partial charge in [-0.1, -0.05) is 59.3 Å². The molecule has 0 saturated heterocycles. The van der Waals surface area contributed by atoms with Gasteiger partial charge < -0.3 is 0 Å². The van der Waals surface area contributed by atoms with E-state index in [1.165, 1.54) is 41.3 Å². The maximum atomic E-state index is 12.8. The lowest BCUT2D eigenvalue weighted by molar-refractivity contribution is -0.117. The molecule has 1 aromatic carbocycles. The predicted molar refractivity (Wildman–Crippen MR) is 117 cm³/mol. The van der Waals surface area contributed by atoms with Crippen molar-refractivity contribution >= 4 is 73.0 Å². The summed E-state index contributed by atoms with van der Waals surface area (Å²) in [6.45, 7) is 5.35. The number of halogens is 2. The van der Waals surface area contributed by atoms with E-state index in [9.17, 15) is 13.2 Å². The van der Waals surface area contributed by atoms with Gasteiger partial charge in [-0.2, -0.15) is 0 Å². The van der Waals surface area contributed by atoms with E-state index in [0.29, 0.717) is 10.1 Å². The van der Waals surface area contributed by atoms with Gasteiger partial charge >= 0.3 is 0 Å². The Morgan fingerprint density at radius 2 is 2.11 bits per heavy atom. The molecule has 0 radical (unpaired) electrons. The highest BCUT2D eigenvalue weighted by molar-refractivity contribution is 8.01. The van der Waals surface area contributed by atoms with Crippen LogP contribution >= 0.6 is 46.3 Å². The summed E-state index contributed by atoms with van der Waals surface area (Å²) >= 11 is 14.6. The molecule has 0 saturated carbocycles. The molecule has 12 heteroatoms. The van der Waals surface area contributed by atoms with Gasteiger partial charge in [0.2, 0.25) is 21.1 Å². The summed E-state index contributed by atoms with van der Waals surface area (Å²) in [6.07, 6.45) is 3.00. The average Bonchev–Trinajstić information content (AvgIpc) is 3.06. The number of carbonyl (C=O) groups is 1. The van der Waals surface area contributed by atoms with Crippen molar-refractivity contribution < 1.29 is 13.2 Å². The number of carbonyl (C=O) groups excluding carboxylic acids is 1. The quantitative estimate of drug-likeness (QED) is 0.326. The SMILES string of the molecule is C=CCSc1nnc(NC(=O)C(CC)N(c2ccc(Cl)c(Cl)c2)S(C)(=O)=O)s1. The fourth-order valence-corrected chi connectivity index (χ4v) is 5.33. The molecule has 2 aromatic rings. The predicted octanol–water partition coefficient (Wildman–Crippen LogP) is 4.31. The Bertz CT molecular complexity index is 966. The lowest BCUT2D eigenvalue weighted by Gasteiger charge is -2.30. The van der Waals surface area contributed by atoms with E-state index in [4.69, 9.17) is 23.2 Å². The summed E-state index contributed by atoms with van der Waals surface area (Å²) in [4.78, 5) is 12.8. The maximum Gasteiger partial charge on any atom is 0.250 e. The Morgan fingerprint density at radius 3 is 2.68 bits per heavy atom. The number of amides is 1. The van der Waals surface area contributed by atoms with Crippen molar-refractivity contribution in [3.8, 4) is 0 Å². The van der Waals surface area contributed by atoms with Crippen LogP contribution < -0.4 is 9.62 Å². The standard InChI is InChI=1S/C16H18Cl2N4O3S3/c1-4-8-26-16-21-20-15(27-16)19-14(23)13(5-2)22(28(3,24)25)10-6-7-11(17)12(18)9-10/h4,6-7,9,13H,1,5,8H2,2-3H3,(H,19,20,23). The highest BCUT2D eigenvalue weighted by Gasteiger charge is 2.32. The first-order valence-corrected chi connectivity index (χ1v) is 12.4. The molecule has 2 rings (SSSR count). The first-order valence-electron chi connectivity index (χ1n) is 7.99. The van der Waals surface area contributed by atoms with Gasteiger partial charge in [0.1, 0.15) is 6.04 Å². The van der Waals surface area contributed by atoms with Crippen molar-refractivity contribution in [2.75, 3.05) is 21.6 Å². The number of nitrogens with one attached hydrogen (secondary N) is 1. The lowest BCUT2D eigenvalue weighted by atomic mass is 10.2. The second kappa shape index (κ2) is 9.93. The van der Waals surface area contributed by atoms with Gasteiger partial charge in [0, 0.05) is 5.75 Å². The number of benzene rings is 1. The Kier molecular flexibility index (Phi) is 8.14. The molecule has 1 unspecified atom stereocenters. The van der Waals surface area contributed by atoms with Gasteiger partial charge in [-0.25, -0.2) is 8.42 Å². The molecule has 0 aliphatic heterocycles. The molecule has 1 aromatic heterocycles. The fourth-order valence-electron chi connectivity index (χ4n) is 2.32. The number of anilines is 2. The van der Waals surface area contributed by atoms with Crippen molar-refractivity contribution in [3.05, 3.63) is 40.9 Å². The number of aromatic nitrogens is 2. The molecule has 1 atom stereocenters. The minimum atomic E-state index is -3.78. The van der Waals surface area contributed by atoms with Crippen LogP contribution in [-0.4, -0.2) is 42.6 Å². The Morgan fingerprint density at radius 1 is 1.39 bits per heavy atom. The summed E-state index contributed by atoms with van der Waals surface area (Å²) in [5.41, 5.74) is 0.249. The van der Waals surface area contributed by atoms with Crippen molar-refractivity contribution in [2.24, 2.45) is 0 Å². The molecule has 0 bridgehead atoms. The number of hydrogen-bond donors (Lipinski definition) is 1. The van der Waals surface area contributed by atoms with Crippen LogP contribution in [0.2, 0.25) is 10.0 Å². The average molecular weight is 481 g/mol. The molecule has 0 aliphatic rings. The molecule has 1 N–H and O–H groups in total. The van der Waals surface area contributed by atoms with Crippen molar-refractivity contribution in [3.63, 3.8) is 0 Å². The summed E-state index contributed by atoms with van der Waals surface area (Å²) in [5.74, 6) is 0.148. The zero-order valence-corrected chi connectivity index (χ0v) is 19.0. The van der Waals surface area contributed by atoms with Gasteiger partial charge in [-0.05, 0) is 24.6 Å². The molecule has 1 heterocycles. The third-order valence-electron chi connectivity index (χ3n) is 3.45. The molecule has 1 amide bonds. The normalized spacial score (nSPS) is 12.4. The number of hydrogen-bond acceptors (Lipinski definition) is 7. The first-order chi connectivity index (χ1) is 13.2. The van der Waals surface area contributed by atoms with Gasteiger partial charge in [0.05, 0.1) is 22.0 Å². The second-order valence-electron chi connectivity index (χ2n) is 5.54. The number of thioether (sulfide) groups is 1. The number of nitrogens with zero attached hydrogens (tertiary/aromatic N) is 3. The van der Waals surface area contributed by atoms with Crippen molar-refractivity contribution in [1.29, 1.82) is 0 Å². The highest BCUT2D eigenvalue weighted by atomic mass is 35.5. The molecular formula is C16H18Cl2N4O3S3. The van der Waals surface area contributed by atoms with E-state index in [-0.39, 0.29) is 27.3 Å². The van der Waals surface area contributed by atoms with E-state index >= 15 is 0 Å². The Labute approximate surface area is 182 Å². The summed E-state index contributed by atoms with van der Waals surface area (Å²) < 4.78 is 26.6. The first kappa shape index (κ1) is 23.0. The second-order valence-corrected chi connectivity index (χ2v) is 10.5. The highest BCUT2D eigenvalue weighted by Crippen LogP contribution is 2.31. The zero-order valence-electron chi connectivity index (χ0n) is 15.1. The van der Waals surface area contributed by atoms with E-state index in [0.717, 1.165) is 10.6 Å². The number of rotatable bonds is 9. The minimum absolute atomic E-state index is 0.191. The van der Waals surface area contributed by atoms with Gasteiger partial charge in [-0.3, -0.25) is 14.4 Å². The van der Waals surface area contributed by atoms with Crippen LogP contribution in [0, 0.1) is 0 Å². The fraction of sp³-hybridized carbons (Fsp3) is 0.312. The molecule has 0 aliphatic carbocycles. The summed E-state index contributed by atoms with van der Waals surface area (Å²) in [6, 6.07) is 3.40. The van der Waals surface area contributed by atoms with Crippen LogP contribution in [0.4, 0.5) is 10.8 Å². The van der Waals surface area contributed by atoms with Crippen LogP contribution in [0.15, 0.2) is 35.2 Å². The van der Waals surface area contributed by atoms with E-state index in [1.54, 1.807) is 13.0 Å². The maximum absolute atomic E-state index is 12.8. The Hall–Kier alpha value is -1.33. The summed E-state index contributed by atoms with van der Waals surface area (Å²) in [5, 5.41) is 11.3. The van der Waals surface area contributed by atoms with Gasteiger partial charge in [0.25, 0.3) is 0 Å². The lowest BCUT2D eigenvalue weighted by Crippen LogP contribution is -2.47. The molecule has 0 spiro atoms. The largest absolute Gasteiger partial charge is 0.299 e. The number of sulfonamides is 1. The molecule has 0 fully saturated rings. The summed E-state index contributed by atoms with van der Waals surface area (Å²) in [7, 11) is -3.78. The van der Waals surface area contributed by atoms with E-state index in [2.05, 4.69) is 22.1 Å². The third kappa shape index (κ3) is 5.84. The van der Waals surface area contributed by atoms with Gasteiger partial charge in [-0.15, -0.1) is 16.8 Å². The Balaban J connectivity index is 2.29. The molecule has 7 nitrogen and oxygen atoms in total. The molecule has 28 heavy (non-hydrogen) atoms. The van der Waals surface area contributed by atoms with Crippen LogP contribution in [0.5, 0.6) is 0 Å². The van der Waals surface area contributed by atoms with Crippen LogP contribution in [0.25, 0.3) is 0 Å². The monoisotopic (exact) mass is 480 g/mol. The van der Waals surface area contributed by atoms with Crippen LogP contribution in [0.1, 0.15) is 13.3 Å². The molecule has 152 valence electrons. The van der Waals surface area contributed by atoms with Gasteiger partial charge in [0.15, 0.2) is 4.34 Å². The third-order valence-corrected chi connectivity index (χ3v) is 7.34. The van der Waals surface area contributed by atoms with Crippen molar-refractivity contribution in [1.82, 2.24) is 10.2 Å². The zero-order chi connectivity index (χ0) is 20.9. The van der Waals surface area contributed by atoms with Crippen LogP contribution in [0.3, 0.4) is 0 Å². The topological polar surface area (TPSA) is 92.3 Å². The van der Waals surface area contributed by atoms with E-state index in [1.807, 2.05) is 0 Å². The van der Waals surface area contributed by atoms with Crippen LogP contribution in [-0.2, 0) is 14.8 Å². The van der Waals surface area contributed by atoms with E-state index < -0.39 is 22.0 Å². The van der Waals surface area contributed by atoms with Crippen molar-refractivity contribution in [2.45, 2.75) is 23.7 Å². The smallest absolute Gasteiger partial charge is 0.250 e. The molecular weight excluding hydrogens is 463 g/mol. The minimum Gasteiger partial charge on any atom is -0.299 e.